The predicted molar refractivity (Wildman–Crippen MR) is 130 cm³/mol. The molecule has 2 heterocycles. The Bertz CT molecular complexity index is 1600. The van der Waals surface area contributed by atoms with Gasteiger partial charge in [-0.3, -0.25) is 4.98 Å². The SMILES string of the molecule is CC(C)(C)c1cccc(S(=O)(=O)n2c(C(O)c3ccc(C(=O)O)cn3)cc3cc(C(F)(F)F)ccc32)c1. The van der Waals surface area contributed by atoms with Crippen LogP contribution in [0.1, 0.15) is 59.7 Å². The van der Waals surface area contributed by atoms with E-state index in [4.69, 9.17) is 5.11 Å². The Morgan fingerprint density at radius 3 is 2.24 bits per heavy atom. The molecule has 0 aliphatic heterocycles. The number of aromatic nitrogens is 2. The minimum absolute atomic E-state index is 0.0541. The average molecular weight is 533 g/mol. The molecule has 0 bridgehead atoms. The van der Waals surface area contributed by atoms with Crippen molar-refractivity contribution in [1.29, 1.82) is 0 Å². The van der Waals surface area contributed by atoms with Crippen molar-refractivity contribution in [2.24, 2.45) is 0 Å². The molecule has 1 unspecified atom stereocenters. The van der Waals surface area contributed by atoms with Crippen LogP contribution in [0, 0.1) is 0 Å². The first-order valence-electron chi connectivity index (χ1n) is 11.1. The Morgan fingerprint density at radius 1 is 0.973 bits per heavy atom. The highest BCUT2D eigenvalue weighted by atomic mass is 32.2. The number of aliphatic hydroxyl groups excluding tert-OH is 1. The molecule has 0 radical (unpaired) electrons. The summed E-state index contributed by atoms with van der Waals surface area (Å²) in [5.41, 5.74) is -1.19. The molecule has 0 fully saturated rings. The van der Waals surface area contributed by atoms with Crippen LogP contribution in [-0.2, 0) is 21.6 Å². The van der Waals surface area contributed by atoms with E-state index in [9.17, 15) is 31.5 Å². The summed E-state index contributed by atoms with van der Waals surface area (Å²) in [5, 5.41) is 20.2. The molecule has 4 aromatic rings. The van der Waals surface area contributed by atoms with Crippen molar-refractivity contribution in [3.05, 3.63) is 94.9 Å². The topological polar surface area (TPSA) is 109 Å². The lowest BCUT2D eigenvalue weighted by atomic mass is 9.87. The van der Waals surface area contributed by atoms with E-state index in [2.05, 4.69) is 4.98 Å². The second-order valence-electron chi connectivity index (χ2n) is 9.57. The third-order valence-electron chi connectivity index (χ3n) is 5.94. The van der Waals surface area contributed by atoms with E-state index in [1.54, 1.807) is 12.1 Å². The van der Waals surface area contributed by atoms with E-state index < -0.39 is 33.8 Å². The summed E-state index contributed by atoms with van der Waals surface area (Å²) < 4.78 is 68.7. The van der Waals surface area contributed by atoms with E-state index in [1.165, 1.54) is 24.3 Å². The molecule has 0 amide bonds. The molecule has 194 valence electrons. The van der Waals surface area contributed by atoms with Crippen LogP contribution >= 0.6 is 0 Å². The highest BCUT2D eigenvalue weighted by molar-refractivity contribution is 7.90. The van der Waals surface area contributed by atoms with E-state index in [-0.39, 0.29) is 38.2 Å². The van der Waals surface area contributed by atoms with Gasteiger partial charge < -0.3 is 10.2 Å². The maximum absolute atomic E-state index is 13.9. The van der Waals surface area contributed by atoms with Gasteiger partial charge in [-0.1, -0.05) is 32.9 Å². The number of hydrogen-bond acceptors (Lipinski definition) is 5. The Hall–Kier alpha value is -3.70. The molecular formula is C26H23F3N2O5S. The van der Waals surface area contributed by atoms with Crippen molar-refractivity contribution in [2.75, 3.05) is 0 Å². The number of benzene rings is 2. The first kappa shape index (κ1) is 26.4. The zero-order valence-corrected chi connectivity index (χ0v) is 20.8. The molecule has 0 spiro atoms. The molecule has 2 N–H and O–H groups in total. The number of alkyl halides is 3. The van der Waals surface area contributed by atoms with Crippen LogP contribution in [0.15, 0.2) is 71.8 Å². The van der Waals surface area contributed by atoms with Crippen LogP contribution in [0.3, 0.4) is 0 Å². The maximum Gasteiger partial charge on any atom is 0.416 e. The monoisotopic (exact) mass is 532 g/mol. The second kappa shape index (κ2) is 9.00. The van der Waals surface area contributed by atoms with E-state index in [0.717, 1.165) is 40.0 Å². The lowest BCUT2D eigenvalue weighted by molar-refractivity contribution is -0.137. The van der Waals surface area contributed by atoms with Crippen molar-refractivity contribution in [3.63, 3.8) is 0 Å². The minimum atomic E-state index is -4.66. The smallest absolute Gasteiger partial charge is 0.416 e. The fourth-order valence-corrected chi connectivity index (χ4v) is 5.51. The number of carboxylic acids is 1. The predicted octanol–water partition coefficient (Wildman–Crippen LogP) is 5.37. The molecule has 4 rings (SSSR count). The number of aromatic carboxylic acids is 1. The lowest BCUT2D eigenvalue weighted by Gasteiger charge is -2.21. The van der Waals surface area contributed by atoms with Gasteiger partial charge in [0.05, 0.1) is 32.9 Å². The van der Waals surface area contributed by atoms with E-state index in [1.807, 2.05) is 20.8 Å². The number of carboxylic acid groups (broad SMARTS) is 1. The number of carbonyl (C=O) groups is 1. The van der Waals surface area contributed by atoms with E-state index in [0.29, 0.717) is 0 Å². The molecule has 11 heteroatoms. The number of rotatable bonds is 5. The minimum Gasteiger partial charge on any atom is -0.478 e. The lowest BCUT2D eigenvalue weighted by Crippen LogP contribution is -2.20. The van der Waals surface area contributed by atoms with Crippen LogP contribution in [-0.4, -0.2) is 33.6 Å². The van der Waals surface area contributed by atoms with Crippen LogP contribution in [0.5, 0.6) is 0 Å². The van der Waals surface area contributed by atoms with Crippen LogP contribution in [0.4, 0.5) is 13.2 Å². The van der Waals surface area contributed by atoms with Crippen LogP contribution in [0.2, 0.25) is 0 Å². The molecule has 37 heavy (non-hydrogen) atoms. The fraction of sp³-hybridized carbons (Fsp3) is 0.231. The van der Waals surface area contributed by atoms with Gasteiger partial charge in [0, 0.05) is 11.6 Å². The Morgan fingerprint density at radius 2 is 1.68 bits per heavy atom. The van der Waals surface area contributed by atoms with E-state index >= 15 is 0 Å². The van der Waals surface area contributed by atoms with Crippen molar-refractivity contribution in [1.82, 2.24) is 8.96 Å². The van der Waals surface area contributed by atoms with Gasteiger partial charge in [-0.15, -0.1) is 0 Å². The summed E-state index contributed by atoms with van der Waals surface area (Å²) in [6.07, 6.45) is -5.36. The van der Waals surface area contributed by atoms with Gasteiger partial charge in [-0.25, -0.2) is 17.2 Å². The van der Waals surface area contributed by atoms with Gasteiger partial charge >= 0.3 is 12.1 Å². The second-order valence-corrected chi connectivity index (χ2v) is 11.4. The summed E-state index contributed by atoms with van der Waals surface area (Å²) in [5.74, 6) is -1.25. The third kappa shape index (κ3) is 4.96. The van der Waals surface area contributed by atoms with Gasteiger partial charge in [0.1, 0.15) is 6.10 Å². The Balaban J connectivity index is 1.97. The quantitative estimate of drug-likeness (QED) is 0.358. The summed E-state index contributed by atoms with van der Waals surface area (Å²) in [4.78, 5) is 15.0. The molecule has 0 aliphatic rings. The summed E-state index contributed by atoms with van der Waals surface area (Å²) >= 11 is 0. The molecule has 0 saturated heterocycles. The molecule has 2 aromatic carbocycles. The van der Waals surface area contributed by atoms with Crippen LogP contribution < -0.4 is 0 Å². The number of halogens is 3. The van der Waals surface area contributed by atoms with Crippen molar-refractivity contribution in [2.45, 2.75) is 43.4 Å². The van der Waals surface area contributed by atoms with Gasteiger partial charge in [0.15, 0.2) is 0 Å². The number of hydrogen-bond donors (Lipinski definition) is 2. The van der Waals surface area contributed by atoms with Crippen molar-refractivity contribution >= 4 is 26.9 Å². The molecule has 0 saturated carbocycles. The normalized spacial score (nSPS) is 13.6. The average Bonchev–Trinajstić information content (AvgIpc) is 3.22. The van der Waals surface area contributed by atoms with Crippen LogP contribution in [0.25, 0.3) is 10.9 Å². The Labute approximate surface area is 210 Å². The van der Waals surface area contributed by atoms with Crippen molar-refractivity contribution < 1.29 is 36.6 Å². The van der Waals surface area contributed by atoms with Gasteiger partial charge in [-0.05, 0) is 59.5 Å². The molecule has 2 aromatic heterocycles. The third-order valence-corrected chi connectivity index (χ3v) is 7.68. The summed E-state index contributed by atoms with van der Waals surface area (Å²) in [6, 6.07) is 12.4. The number of fused-ring (bicyclic) bond motifs is 1. The Kier molecular flexibility index (Phi) is 6.41. The molecule has 1 atom stereocenters. The molecule has 7 nitrogen and oxygen atoms in total. The fourth-order valence-electron chi connectivity index (χ4n) is 3.92. The zero-order valence-electron chi connectivity index (χ0n) is 20.0. The number of aliphatic hydroxyl groups is 1. The highest BCUT2D eigenvalue weighted by Gasteiger charge is 2.33. The number of nitrogens with zero attached hydrogens (tertiary/aromatic N) is 2. The first-order valence-corrected chi connectivity index (χ1v) is 12.5. The summed E-state index contributed by atoms with van der Waals surface area (Å²) in [6.45, 7) is 5.72. The number of pyridine rings is 1. The van der Waals surface area contributed by atoms with Gasteiger partial charge in [0.2, 0.25) is 0 Å². The molecular weight excluding hydrogens is 509 g/mol. The van der Waals surface area contributed by atoms with Gasteiger partial charge in [-0.2, -0.15) is 13.2 Å². The zero-order chi connectivity index (χ0) is 27.3. The molecule has 0 aliphatic carbocycles. The largest absolute Gasteiger partial charge is 0.478 e. The summed E-state index contributed by atoms with van der Waals surface area (Å²) in [7, 11) is -4.41. The highest BCUT2D eigenvalue weighted by Crippen LogP contribution is 2.36. The first-order chi connectivity index (χ1) is 17.1. The maximum atomic E-state index is 13.9. The van der Waals surface area contributed by atoms with Crippen molar-refractivity contribution in [3.8, 4) is 0 Å². The van der Waals surface area contributed by atoms with Gasteiger partial charge in [0.25, 0.3) is 10.0 Å². The standard InChI is InChI=1S/C26H23F3N2O5S/c1-25(2,3)17-5-4-6-19(13-17)37(35,36)31-21-10-8-18(26(27,28)29)11-16(21)12-22(31)23(32)20-9-7-15(14-30-20)24(33)34/h4-14,23,32H,1-3H3,(H,33,34).